The molecule has 0 aliphatic carbocycles. The van der Waals surface area contributed by atoms with Crippen LogP contribution in [0.15, 0.2) is 84.6 Å². The number of amides is 1. The summed E-state index contributed by atoms with van der Waals surface area (Å²) < 4.78 is 0. The first-order valence-electron chi connectivity index (χ1n) is 8.75. The van der Waals surface area contributed by atoms with E-state index in [2.05, 4.69) is 15.5 Å². The minimum Gasteiger partial charge on any atom is -0.321 e. The summed E-state index contributed by atoms with van der Waals surface area (Å²) in [5.74, 6) is -0.460. The van der Waals surface area contributed by atoms with Crippen molar-refractivity contribution >= 4 is 28.4 Å². The van der Waals surface area contributed by atoms with Gasteiger partial charge in [0.15, 0.2) is 0 Å². The zero-order valence-corrected chi connectivity index (χ0v) is 14.9. The number of hydrogen-bond donors (Lipinski definition) is 2. The van der Waals surface area contributed by atoms with Gasteiger partial charge in [-0.1, -0.05) is 60.7 Å². The zero-order valence-electron chi connectivity index (χ0n) is 14.9. The predicted molar refractivity (Wildman–Crippen MR) is 110 cm³/mol. The average molecular weight is 364 g/mol. The summed E-state index contributed by atoms with van der Waals surface area (Å²) in [7, 11) is 0. The summed E-state index contributed by atoms with van der Waals surface area (Å²) in [5.41, 5.74) is 3.01. The van der Waals surface area contributed by atoms with Crippen molar-refractivity contribution < 1.29 is 4.79 Å². The molecule has 1 amide bonds. The summed E-state index contributed by atoms with van der Waals surface area (Å²) in [6.45, 7) is 0. The Morgan fingerprint density at radius 1 is 1.00 bits per heavy atom. The number of nitrogens with one attached hydrogen (secondary N) is 2. The van der Waals surface area contributed by atoms with Crippen LogP contribution in [0.2, 0.25) is 0 Å². The summed E-state index contributed by atoms with van der Waals surface area (Å²) in [6.07, 6.45) is 3.14. The number of benzene rings is 3. The maximum Gasteiger partial charge on any atom is 0.266 e. The van der Waals surface area contributed by atoms with Crippen molar-refractivity contribution in [1.82, 2.24) is 10.2 Å². The van der Waals surface area contributed by atoms with E-state index in [1.54, 1.807) is 12.3 Å². The Hall–Kier alpha value is -4.17. The van der Waals surface area contributed by atoms with Gasteiger partial charge in [-0.2, -0.15) is 10.4 Å². The summed E-state index contributed by atoms with van der Waals surface area (Å²) in [6, 6.07) is 25.1. The highest BCUT2D eigenvalue weighted by molar-refractivity contribution is 6.10. The maximum absolute atomic E-state index is 12.6. The van der Waals surface area contributed by atoms with E-state index in [-0.39, 0.29) is 5.57 Å². The minimum atomic E-state index is -0.460. The Bertz CT molecular complexity index is 1220. The molecule has 0 fully saturated rings. The molecule has 1 aromatic heterocycles. The topological polar surface area (TPSA) is 81.6 Å². The van der Waals surface area contributed by atoms with Gasteiger partial charge in [-0.15, -0.1) is 0 Å². The molecular weight excluding hydrogens is 348 g/mol. The van der Waals surface area contributed by atoms with Gasteiger partial charge in [0, 0.05) is 16.8 Å². The maximum atomic E-state index is 12.6. The van der Waals surface area contributed by atoms with Crippen molar-refractivity contribution in [3.8, 4) is 17.3 Å². The number of nitrogens with zero attached hydrogens (tertiary/aromatic N) is 2. The number of H-pyrrole nitrogens is 1. The lowest BCUT2D eigenvalue weighted by Crippen LogP contribution is -2.13. The lowest BCUT2D eigenvalue weighted by molar-refractivity contribution is -0.112. The van der Waals surface area contributed by atoms with Crippen LogP contribution in [0.4, 0.5) is 5.69 Å². The van der Waals surface area contributed by atoms with Gasteiger partial charge in [-0.3, -0.25) is 9.89 Å². The summed E-state index contributed by atoms with van der Waals surface area (Å²) in [5, 5.41) is 21.4. The Morgan fingerprint density at radius 2 is 1.75 bits per heavy atom. The van der Waals surface area contributed by atoms with Crippen LogP contribution < -0.4 is 5.32 Å². The fourth-order valence-electron chi connectivity index (χ4n) is 3.01. The van der Waals surface area contributed by atoms with E-state index >= 15 is 0 Å². The van der Waals surface area contributed by atoms with Gasteiger partial charge in [0.25, 0.3) is 5.91 Å². The van der Waals surface area contributed by atoms with Crippen molar-refractivity contribution in [3.05, 3.63) is 90.1 Å². The number of hydrogen-bond acceptors (Lipinski definition) is 3. The van der Waals surface area contributed by atoms with Gasteiger partial charge in [0.1, 0.15) is 11.6 Å². The zero-order chi connectivity index (χ0) is 19.3. The van der Waals surface area contributed by atoms with E-state index in [4.69, 9.17) is 0 Å². The average Bonchev–Trinajstić information content (AvgIpc) is 3.20. The summed E-state index contributed by atoms with van der Waals surface area (Å²) >= 11 is 0. The molecule has 1 heterocycles. The van der Waals surface area contributed by atoms with Crippen molar-refractivity contribution in [2.45, 2.75) is 0 Å². The third kappa shape index (κ3) is 3.53. The van der Waals surface area contributed by atoms with Gasteiger partial charge in [0.2, 0.25) is 0 Å². The second kappa shape index (κ2) is 7.60. The van der Waals surface area contributed by atoms with Crippen LogP contribution in [0.1, 0.15) is 5.56 Å². The second-order valence-electron chi connectivity index (χ2n) is 6.25. The van der Waals surface area contributed by atoms with Crippen LogP contribution in [-0.2, 0) is 4.79 Å². The molecule has 134 valence electrons. The third-order valence-corrected chi connectivity index (χ3v) is 4.40. The number of rotatable bonds is 4. The Balaban J connectivity index is 1.61. The molecule has 3 aromatic carbocycles. The van der Waals surface area contributed by atoms with Crippen LogP contribution in [0.3, 0.4) is 0 Å². The van der Waals surface area contributed by atoms with Gasteiger partial charge < -0.3 is 5.32 Å². The molecule has 4 aromatic rings. The molecule has 0 atom stereocenters. The Labute approximate surface area is 161 Å². The normalized spacial score (nSPS) is 11.2. The molecule has 0 bridgehead atoms. The first-order chi connectivity index (χ1) is 13.7. The van der Waals surface area contributed by atoms with E-state index in [0.29, 0.717) is 11.3 Å². The number of aromatic amines is 1. The molecule has 28 heavy (non-hydrogen) atoms. The molecule has 0 aliphatic heterocycles. The van der Waals surface area contributed by atoms with Crippen molar-refractivity contribution in [2.24, 2.45) is 0 Å². The van der Waals surface area contributed by atoms with Gasteiger partial charge in [0.05, 0.1) is 11.9 Å². The second-order valence-corrected chi connectivity index (χ2v) is 6.25. The first-order valence-corrected chi connectivity index (χ1v) is 8.75. The molecule has 4 rings (SSSR count). The molecule has 0 aliphatic rings. The highest BCUT2D eigenvalue weighted by atomic mass is 16.1. The molecule has 0 saturated carbocycles. The van der Waals surface area contributed by atoms with Crippen LogP contribution >= 0.6 is 0 Å². The van der Waals surface area contributed by atoms with Crippen LogP contribution in [0, 0.1) is 11.3 Å². The fraction of sp³-hybridized carbons (Fsp3) is 0. The van der Waals surface area contributed by atoms with Gasteiger partial charge in [-0.25, -0.2) is 0 Å². The molecule has 0 radical (unpaired) electrons. The minimum absolute atomic E-state index is 0.00624. The number of fused-ring (bicyclic) bond motifs is 1. The third-order valence-electron chi connectivity index (χ3n) is 4.40. The summed E-state index contributed by atoms with van der Waals surface area (Å²) in [4.78, 5) is 12.6. The smallest absolute Gasteiger partial charge is 0.266 e. The molecule has 0 saturated heterocycles. The first kappa shape index (κ1) is 17.3. The molecule has 2 N–H and O–H groups in total. The van der Waals surface area contributed by atoms with E-state index in [1.165, 1.54) is 0 Å². The molecule has 5 nitrogen and oxygen atoms in total. The van der Waals surface area contributed by atoms with Crippen molar-refractivity contribution in [3.63, 3.8) is 0 Å². The van der Waals surface area contributed by atoms with E-state index in [0.717, 1.165) is 22.0 Å². The number of nitriles is 1. The van der Waals surface area contributed by atoms with Crippen LogP contribution in [-0.4, -0.2) is 16.1 Å². The van der Waals surface area contributed by atoms with Crippen molar-refractivity contribution in [2.75, 3.05) is 5.32 Å². The Kier molecular flexibility index (Phi) is 4.68. The Morgan fingerprint density at radius 3 is 2.54 bits per heavy atom. The molecule has 5 heteroatoms. The number of anilines is 1. The highest BCUT2D eigenvalue weighted by Gasteiger charge is 2.13. The van der Waals surface area contributed by atoms with Crippen LogP contribution in [0.5, 0.6) is 0 Å². The lowest BCUT2D eigenvalue weighted by atomic mass is 10.1. The van der Waals surface area contributed by atoms with Gasteiger partial charge in [-0.05, 0) is 29.0 Å². The van der Waals surface area contributed by atoms with Crippen molar-refractivity contribution in [1.29, 1.82) is 5.26 Å². The SMILES string of the molecule is N#CC(=Cc1cn[nH]c1-c1ccccc1)C(=O)Nc1ccc2ccccc2c1. The number of carbonyl (C=O) groups excluding carboxylic acids is 1. The molecule has 0 spiro atoms. The lowest BCUT2D eigenvalue weighted by Gasteiger charge is -2.06. The van der Waals surface area contributed by atoms with Crippen LogP contribution in [0.25, 0.3) is 28.1 Å². The van der Waals surface area contributed by atoms with E-state index < -0.39 is 5.91 Å². The fourth-order valence-corrected chi connectivity index (χ4v) is 3.01. The largest absolute Gasteiger partial charge is 0.321 e. The quantitative estimate of drug-likeness (QED) is 0.404. The monoisotopic (exact) mass is 364 g/mol. The van der Waals surface area contributed by atoms with E-state index in [9.17, 15) is 10.1 Å². The molecular formula is C23H16N4O. The standard InChI is InChI=1S/C23H16N4O/c24-14-19(12-20-15-25-27-22(20)17-7-2-1-3-8-17)23(28)26-21-11-10-16-6-4-5-9-18(16)13-21/h1-13,15H,(H,25,27)(H,26,28). The number of aromatic nitrogens is 2. The van der Waals surface area contributed by atoms with Gasteiger partial charge >= 0.3 is 0 Å². The van der Waals surface area contributed by atoms with E-state index in [1.807, 2.05) is 78.9 Å². The molecule has 0 unspecified atom stereocenters. The predicted octanol–water partition coefficient (Wildman–Crippen LogP) is 4.78. The highest BCUT2D eigenvalue weighted by Crippen LogP contribution is 2.23. The number of carbonyl (C=O) groups is 1.